The largest absolute Gasteiger partial charge is 0.309 e. The first-order chi connectivity index (χ1) is 49.6. The molecule has 18 aromatic rings. The number of para-hydroxylation sites is 2. The Hall–Kier alpha value is -12.4. The second kappa shape index (κ2) is 20.4. The Kier molecular flexibility index (Phi) is 11.4. The zero-order valence-electron chi connectivity index (χ0n) is 56.6. The second-order valence-electron chi connectivity index (χ2n) is 29.7. The van der Waals surface area contributed by atoms with Crippen molar-refractivity contribution in [3.05, 3.63) is 372 Å². The predicted octanol–water partition coefficient (Wildman–Crippen LogP) is 25.8. The Morgan fingerprint density at radius 2 is 0.446 bits per heavy atom. The molecule has 472 valence electrons. The van der Waals surface area contributed by atoms with Crippen molar-refractivity contribution in [2.45, 2.75) is 43.9 Å². The lowest BCUT2D eigenvalue weighted by atomic mass is 9.70. The van der Waals surface area contributed by atoms with E-state index in [4.69, 9.17) is 0 Å². The summed E-state index contributed by atoms with van der Waals surface area (Å²) in [5.74, 6) is 0. The van der Waals surface area contributed by atoms with Gasteiger partial charge in [-0.2, -0.15) is 0 Å². The highest BCUT2D eigenvalue weighted by Crippen LogP contribution is 2.64. The summed E-state index contributed by atoms with van der Waals surface area (Å²) >= 11 is 0. The molecule has 4 aliphatic carbocycles. The molecule has 101 heavy (non-hydrogen) atoms. The lowest BCUT2D eigenvalue weighted by Crippen LogP contribution is -2.26. The van der Waals surface area contributed by atoms with Crippen molar-refractivity contribution in [2.24, 2.45) is 0 Å². The first kappa shape index (κ1) is 56.6. The average molecular weight is 1280 g/mol. The molecule has 1 spiro atoms. The summed E-state index contributed by atoms with van der Waals surface area (Å²) in [5.41, 5.74) is 37.6. The third-order valence-corrected chi connectivity index (χ3v) is 24.2. The molecule has 0 saturated heterocycles. The van der Waals surface area contributed by atoms with Gasteiger partial charge in [-0.25, -0.2) is 0 Å². The highest BCUT2D eigenvalue weighted by molar-refractivity contribution is 6.15. The summed E-state index contributed by atoms with van der Waals surface area (Å²) in [5, 5.41) is 9.96. The Morgan fingerprint density at radius 3 is 0.842 bits per heavy atom. The second-order valence-corrected chi connectivity index (χ2v) is 29.7. The molecule has 0 atom stereocenters. The maximum atomic E-state index is 2.55. The van der Waals surface area contributed by atoms with Crippen LogP contribution in [0.15, 0.2) is 328 Å². The fourth-order valence-electron chi connectivity index (χ4n) is 19.6. The third kappa shape index (κ3) is 7.56. The van der Waals surface area contributed by atoms with Crippen LogP contribution < -0.4 is 0 Å². The molecule has 0 N–H and O–H groups in total. The van der Waals surface area contributed by atoms with Gasteiger partial charge in [-0.05, 0) is 228 Å². The van der Waals surface area contributed by atoms with Crippen LogP contribution in [-0.2, 0) is 16.2 Å². The van der Waals surface area contributed by atoms with E-state index in [0.29, 0.717) is 0 Å². The van der Waals surface area contributed by atoms with Gasteiger partial charge in [-0.3, -0.25) is 0 Å². The molecule has 4 aliphatic rings. The Bertz CT molecular complexity index is 6310. The smallest absolute Gasteiger partial charge is 0.0725 e. The van der Waals surface area contributed by atoms with Gasteiger partial charge in [0.15, 0.2) is 0 Å². The Morgan fingerprint density at radius 1 is 0.178 bits per heavy atom. The minimum atomic E-state index is -0.569. The topological polar surface area (TPSA) is 9.86 Å². The summed E-state index contributed by atoms with van der Waals surface area (Å²) in [6.45, 7) is 9.49. The third-order valence-electron chi connectivity index (χ3n) is 24.2. The van der Waals surface area contributed by atoms with Gasteiger partial charge >= 0.3 is 0 Å². The first-order valence-corrected chi connectivity index (χ1v) is 35.7. The van der Waals surface area contributed by atoms with E-state index in [1.165, 1.54) is 210 Å². The molecule has 0 unspecified atom stereocenters. The summed E-state index contributed by atoms with van der Waals surface area (Å²) in [4.78, 5) is 0. The van der Waals surface area contributed by atoms with Crippen LogP contribution in [0, 0.1) is 0 Å². The molecule has 22 rings (SSSR count). The van der Waals surface area contributed by atoms with Gasteiger partial charge in [0.2, 0.25) is 0 Å². The van der Waals surface area contributed by atoms with Crippen LogP contribution >= 0.6 is 0 Å². The quantitative estimate of drug-likeness (QED) is 0.157. The van der Waals surface area contributed by atoms with E-state index < -0.39 is 5.41 Å². The highest BCUT2D eigenvalue weighted by Gasteiger charge is 2.52. The van der Waals surface area contributed by atoms with Crippen molar-refractivity contribution < 1.29 is 0 Å². The van der Waals surface area contributed by atoms with Gasteiger partial charge in [0.1, 0.15) is 0 Å². The monoisotopic (exact) mass is 1280 g/mol. The maximum Gasteiger partial charge on any atom is 0.0725 e. The van der Waals surface area contributed by atoms with E-state index in [0.717, 1.165) is 0 Å². The van der Waals surface area contributed by atoms with Crippen molar-refractivity contribution >= 4 is 65.2 Å². The molecule has 0 fully saturated rings. The molecule has 2 nitrogen and oxygen atoms in total. The molecule has 2 heterocycles. The van der Waals surface area contributed by atoms with Crippen LogP contribution in [0.2, 0.25) is 0 Å². The normalized spacial score (nSPS) is 14.4. The fourth-order valence-corrected chi connectivity index (χ4v) is 19.6. The predicted molar refractivity (Wildman–Crippen MR) is 423 cm³/mol. The number of fused-ring (bicyclic) bond motifs is 24. The van der Waals surface area contributed by atoms with Crippen LogP contribution in [0.5, 0.6) is 0 Å². The lowest BCUT2D eigenvalue weighted by molar-refractivity contribution is 0.660. The molecule has 16 aromatic carbocycles. The van der Waals surface area contributed by atoms with E-state index in [2.05, 4.69) is 364 Å². The molecule has 0 bridgehead atoms. The number of aromatic nitrogens is 2. The van der Waals surface area contributed by atoms with Crippen molar-refractivity contribution in [2.75, 3.05) is 0 Å². The fraction of sp³-hybridized carbons (Fsp3) is 0.0707. The van der Waals surface area contributed by atoms with E-state index >= 15 is 0 Å². The Labute approximate surface area is 587 Å². The van der Waals surface area contributed by atoms with Crippen molar-refractivity contribution in [1.82, 2.24) is 9.13 Å². The van der Waals surface area contributed by atoms with Gasteiger partial charge in [-0.1, -0.05) is 282 Å². The first-order valence-electron chi connectivity index (χ1n) is 35.7. The molecule has 0 amide bonds. The van der Waals surface area contributed by atoms with Crippen LogP contribution in [0.1, 0.15) is 72.2 Å². The van der Waals surface area contributed by atoms with Gasteiger partial charge in [0, 0.05) is 43.7 Å². The number of hydrogen-bond acceptors (Lipinski definition) is 0. The maximum absolute atomic E-state index is 2.55. The molecular formula is C99H66N2. The number of rotatable bonds is 6. The van der Waals surface area contributed by atoms with Crippen molar-refractivity contribution in [3.8, 4) is 100 Å². The number of benzene rings is 16. The van der Waals surface area contributed by atoms with Crippen molar-refractivity contribution in [3.63, 3.8) is 0 Å². The highest BCUT2D eigenvalue weighted by atomic mass is 15.0. The standard InChI is InChI=1S/C99H66N2/c1-97(2)85-31-15-9-25-73(85)77-45-41-63(57-89(77)97)100-93-35-19-13-29-81(93)83-53-59(39-51-95(83)100)65-47-49-67(71-23-7-5-21-69(65)71)61-37-43-79-80-44-38-62(56-92(80)99(91(79)55-61)87-33-17-11-27-75(87)76-28-12-18-34-88(76)99)68-50-48-66(70-22-6-8-24-72(68)70)60-40-52-96-84(54-60)82-30-14-20-36-94(82)101(96)64-42-46-78-74-26-10-16-32-86(74)98(3,4)90(78)58-64/h5-58H,1-4H3. The number of nitrogens with zero attached hydrogens (tertiary/aromatic N) is 2. The van der Waals surface area contributed by atoms with Crippen LogP contribution in [-0.4, -0.2) is 9.13 Å². The van der Waals surface area contributed by atoms with E-state index in [9.17, 15) is 0 Å². The van der Waals surface area contributed by atoms with Gasteiger partial charge in [-0.15, -0.1) is 0 Å². The average Bonchev–Trinajstić information content (AvgIpc) is 1.51. The number of hydrogen-bond donors (Lipinski definition) is 0. The molecule has 0 radical (unpaired) electrons. The van der Waals surface area contributed by atoms with Crippen molar-refractivity contribution in [1.29, 1.82) is 0 Å². The minimum absolute atomic E-state index is 0.0977. The van der Waals surface area contributed by atoms with E-state index in [1.54, 1.807) is 0 Å². The SMILES string of the molecule is CC1(C)c2ccccc2-c2ccc(-n3c4ccccc4c4cc(-c5ccc(-c6ccc7c(c6)C6(c8ccccc8-c8ccccc86)c6cc(-c8ccc(-c9ccc%10c(c9)c9ccccc9n%10-c9ccc%10c(c9)C(C)(C)c9ccccc9-%10)c9ccccc89)ccc6-7)c6ccccc56)ccc43)cc21. The van der Waals surface area contributed by atoms with Gasteiger partial charge in [0.05, 0.1) is 27.5 Å². The summed E-state index contributed by atoms with van der Waals surface area (Å²) in [6.07, 6.45) is 0. The van der Waals surface area contributed by atoms with E-state index in [-0.39, 0.29) is 10.8 Å². The Balaban J connectivity index is 0.654. The minimum Gasteiger partial charge on any atom is -0.309 e. The van der Waals surface area contributed by atoms with Crippen LogP contribution in [0.3, 0.4) is 0 Å². The van der Waals surface area contributed by atoms with Crippen LogP contribution in [0.4, 0.5) is 0 Å². The zero-order chi connectivity index (χ0) is 66.8. The molecule has 2 heteroatoms. The molecule has 0 saturated carbocycles. The summed E-state index contributed by atoms with van der Waals surface area (Å²) in [6, 6.07) is 125. The summed E-state index contributed by atoms with van der Waals surface area (Å²) < 4.78 is 4.96. The summed E-state index contributed by atoms with van der Waals surface area (Å²) in [7, 11) is 0. The molecular weight excluding hydrogens is 1220 g/mol. The van der Waals surface area contributed by atoms with Gasteiger partial charge in [0.25, 0.3) is 0 Å². The zero-order valence-corrected chi connectivity index (χ0v) is 56.6. The van der Waals surface area contributed by atoms with Crippen LogP contribution in [0.25, 0.3) is 166 Å². The molecule has 0 aliphatic heterocycles. The van der Waals surface area contributed by atoms with E-state index in [1.807, 2.05) is 0 Å². The van der Waals surface area contributed by atoms with Gasteiger partial charge < -0.3 is 9.13 Å². The lowest BCUT2D eigenvalue weighted by Gasteiger charge is -2.31. The molecule has 2 aromatic heterocycles.